The molecule has 134 valence electrons. The van der Waals surface area contributed by atoms with Crippen molar-refractivity contribution in [3.05, 3.63) is 0 Å². The van der Waals surface area contributed by atoms with E-state index in [-0.39, 0.29) is 13.0 Å². The van der Waals surface area contributed by atoms with Gasteiger partial charge in [0.05, 0.1) is 18.9 Å². The molecule has 24 heavy (non-hydrogen) atoms. The molecular weight excluding hydrogens is 326 g/mol. The van der Waals surface area contributed by atoms with Crippen LogP contribution in [0.1, 0.15) is 25.7 Å². The summed E-state index contributed by atoms with van der Waals surface area (Å²) in [6.07, 6.45) is -0.795. The highest BCUT2D eigenvalue weighted by Crippen LogP contribution is 2.19. The van der Waals surface area contributed by atoms with E-state index in [4.69, 9.17) is 21.1 Å². The first-order chi connectivity index (χ1) is 11.1. The third-order valence-corrected chi connectivity index (χ3v) is 3.55. The van der Waals surface area contributed by atoms with Crippen LogP contribution in [0.3, 0.4) is 0 Å². The quantitative estimate of drug-likeness (QED) is 0.326. The highest BCUT2D eigenvalue weighted by molar-refractivity contribution is 5.95. The van der Waals surface area contributed by atoms with Crippen LogP contribution in [-0.2, 0) is 24.0 Å². The molecule has 0 radical (unpaired) electrons. The van der Waals surface area contributed by atoms with Gasteiger partial charge in [0.25, 0.3) is 0 Å². The Kier molecular flexibility index (Phi) is 6.65. The summed E-state index contributed by atoms with van der Waals surface area (Å²) in [5, 5.41) is 28.7. The van der Waals surface area contributed by atoms with Gasteiger partial charge in [0.1, 0.15) is 12.1 Å². The summed E-state index contributed by atoms with van der Waals surface area (Å²) < 4.78 is 0. The molecule has 1 heterocycles. The second-order valence-corrected chi connectivity index (χ2v) is 5.39. The molecule has 0 spiro atoms. The van der Waals surface area contributed by atoms with Crippen LogP contribution >= 0.6 is 0 Å². The Bertz CT molecular complexity index is 549. The lowest BCUT2D eigenvalue weighted by molar-refractivity contribution is -0.150. The third kappa shape index (κ3) is 5.19. The van der Waals surface area contributed by atoms with Crippen LogP contribution in [0.25, 0.3) is 0 Å². The van der Waals surface area contributed by atoms with Gasteiger partial charge in [-0.3, -0.25) is 19.2 Å². The molecule has 0 bridgehead atoms. The van der Waals surface area contributed by atoms with Gasteiger partial charge in [0.2, 0.25) is 11.8 Å². The third-order valence-electron chi connectivity index (χ3n) is 3.55. The molecule has 11 nitrogen and oxygen atoms in total. The topological polar surface area (TPSA) is 187 Å². The number of rotatable bonds is 8. The zero-order chi connectivity index (χ0) is 18.4. The molecule has 2 amide bonds. The van der Waals surface area contributed by atoms with E-state index in [1.807, 2.05) is 0 Å². The molecule has 6 N–H and O–H groups in total. The number of nitrogens with two attached hydrogens (primary N) is 1. The van der Waals surface area contributed by atoms with Crippen molar-refractivity contribution in [2.45, 2.75) is 43.8 Å². The van der Waals surface area contributed by atoms with E-state index in [1.54, 1.807) is 0 Å². The minimum atomic E-state index is -1.52. The van der Waals surface area contributed by atoms with Crippen LogP contribution < -0.4 is 11.1 Å². The maximum Gasteiger partial charge on any atom is 0.326 e. The number of hydrogen-bond acceptors (Lipinski definition) is 6. The van der Waals surface area contributed by atoms with Crippen LogP contribution in [0.15, 0.2) is 0 Å². The number of carboxylic acid groups (broad SMARTS) is 3. The molecule has 11 heteroatoms. The second-order valence-electron chi connectivity index (χ2n) is 5.39. The summed E-state index contributed by atoms with van der Waals surface area (Å²) in [7, 11) is 0. The summed E-state index contributed by atoms with van der Waals surface area (Å²) in [6.45, 7) is 0.128. The highest BCUT2D eigenvalue weighted by Gasteiger charge is 2.38. The van der Waals surface area contributed by atoms with E-state index in [9.17, 15) is 24.0 Å². The average Bonchev–Trinajstić information content (AvgIpc) is 2.93. The van der Waals surface area contributed by atoms with Gasteiger partial charge < -0.3 is 31.3 Å². The number of nitrogens with zero attached hydrogens (tertiary/aromatic N) is 1. The molecular formula is C13H19N3O8. The fraction of sp³-hybridized carbons (Fsp3) is 0.615. The van der Waals surface area contributed by atoms with Gasteiger partial charge in [-0.25, -0.2) is 4.79 Å². The van der Waals surface area contributed by atoms with E-state index < -0.39 is 60.7 Å². The molecule has 1 fully saturated rings. The lowest BCUT2D eigenvalue weighted by Crippen LogP contribution is -2.55. The second kappa shape index (κ2) is 8.24. The molecule has 0 aromatic heterocycles. The Labute approximate surface area is 136 Å². The van der Waals surface area contributed by atoms with Crippen molar-refractivity contribution in [2.75, 3.05) is 6.54 Å². The smallest absolute Gasteiger partial charge is 0.326 e. The number of carboxylic acids is 3. The Morgan fingerprint density at radius 3 is 2.17 bits per heavy atom. The Morgan fingerprint density at radius 2 is 1.67 bits per heavy atom. The fourth-order valence-corrected chi connectivity index (χ4v) is 2.42. The Morgan fingerprint density at radius 1 is 1.08 bits per heavy atom. The minimum absolute atomic E-state index is 0.128. The average molecular weight is 345 g/mol. The largest absolute Gasteiger partial charge is 0.481 e. The van der Waals surface area contributed by atoms with Gasteiger partial charge in [0, 0.05) is 6.54 Å². The van der Waals surface area contributed by atoms with Gasteiger partial charge in [-0.2, -0.15) is 0 Å². The predicted octanol–water partition coefficient (Wildman–Crippen LogP) is -2.18. The maximum atomic E-state index is 12.4. The van der Waals surface area contributed by atoms with Crippen molar-refractivity contribution in [1.82, 2.24) is 10.2 Å². The first kappa shape index (κ1) is 19.4. The van der Waals surface area contributed by atoms with E-state index in [0.29, 0.717) is 6.42 Å². The lowest BCUT2D eigenvalue weighted by atomic mass is 10.1. The zero-order valence-electron chi connectivity index (χ0n) is 12.7. The first-order valence-electron chi connectivity index (χ1n) is 7.16. The molecule has 1 aliphatic heterocycles. The van der Waals surface area contributed by atoms with Crippen molar-refractivity contribution >= 4 is 29.7 Å². The van der Waals surface area contributed by atoms with Gasteiger partial charge in [-0.05, 0) is 12.8 Å². The summed E-state index contributed by atoms with van der Waals surface area (Å²) in [4.78, 5) is 57.8. The van der Waals surface area contributed by atoms with E-state index >= 15 is 0 Å². The molecule has 1 rings (SSSR count). The fourth-order valence-electron chi connectivity index (χ4n) is 2.42. The zero-order valence-corrected chi connectivity index (χ0v) is 12.7. The van der Waals surface area contributed by atoms with Crippen LogP contribution in [0, 0.1) is 0 Å². The number of hydrogen-bond donors (Lipinski definition) is 5. The highest BCUT2D eigenvalue weighted by atomic mass is 16.4. The molecule has 3 atom stereocenters. The summed E-state index contributed by atoms with van der Waals surface area (Å²) in [5.41, 5.74) is 5.37. The number of carbonyl (C=O) groups excluding carboxylic acids is 2. The van der Waals surface area contributed by atoms with Crippen LogP contribution in [0.2, 0.25) is 0 Å². The van der Waals surface area contributed by atoms with Crippen LogP contribution in [0.5, 0.6) is 0 Å². The monoisotopic (exact) mass is 345 g/mol. The molecule has 3 unspecified atom stereocenters. The molecule has 0 aliphatic carbocycles. The van der Waals surface area contributed by atoms with Crippen molar-refractivity contribution in [3.8, 4) is 0 Å². The summed E-state index contributed by atoms with van der Waals surface area (Å²) in [5.74, 6) is -5.78. The Hall–Kier alpha value is -2.69. The molecule has 1 aliphatic rings. The van der Waals surface area contributed by atoms with Crippen molar-refractivity contribution in [3.63, 3.8) is 0 Å². The van der Waals surface area contributed by atoms with Gasteiger partial charge in [-0.1, -0.05) is 0 Å². The molecule has 0 aromatic carbocycles. The van der Waals surface area contributed by atoms with Gasteiger partial charge in [0.15, 0.2) is 0 Å². The lowest BCUT2D eigenvalue weighted by Gasteiger charge is -2.27. The van der Waals surface area contributed by atoms with E-state index in [1.165, 1.54) is 0 Å². The number of nitrogens with one attached hydrogen (secondary N) is 1. The van der Waals surface area contributed by atoms with Crippen molar-refractivity contribution in [2.24, 2.45) is 5.73 Å². The van der Waals surface area contributed by atoms with E-state index in [2.05, 4.69) is 5.32 Å². The van der Waals surface area contributed by atoms with Gasteiger partial charge >= 0.3 is 17.9 Å². The molecule has 1 saturated heterocycles. The number of carbonyl (C=O) groups is 5. The predicted molar refractivity (Wildman–Crippen MR) is 76.8 cm³/mol. The molecule has 0 aromatic rings. The summed E-state index contributed by atoms with van der Waals surface area (Å²) >= 11 is 0. The van der Waals surface area contributed by atoms with E-state index in [0.717, 1.165) is 4.90 Å². The summed E-state index contributed by atoms with van der Waals surface area (Å²) in [6, 6.07) is -4.06. The Balaban J connectivity index is 2.86. The first-order valence-corrected chi connectivity index (χ1v) is 7.16. The number of amides is 2. The minimum Gasteiger partial charge on any atom is -0.481 e. The van der Waals surface area contributed by atoms with Crippen LogP contribution in [0.4, 0.5) is 0 Å². The SMILES string of the molecule is NC(CC(=O)O)C(=O)NC(CC(=O)O)C(=O)N1CCCC1C(=O)O. The van der Waals surface area contributed by atoms with Crippen molar-refractivity contribution in [1.29, 1.82) is 0 Å². The maximum absolute atomic E-state index is 12.4. The normalized spacial score (nSPS) is 19.4. The molecule has 0 saturated carbocycles. The van der Waals surface area contributed by atoms with Gasteiger partial charge in [-0.15, -0.1) is 0 Å². The number of likely N-dealkylation sites (tertiary alicyclic amines) is 1. The standard InChI is InChI=1S/C13H19N3O8/c14-6(4-9(17)18)11(21)15-7(5-10(19)20)12(22)16-3-1-2-8(16)13(23)24/h6-8H,1-5,14H2,(H,15,21)(H,17,18)(H,19,20)(H,23,24). The number of aliphatic carboxylic acids is 3. The van der Waals surface area contributed by atoms with Crippen molar-refractivity contribution < 1.29 is 39.3 Å². The van der Waals surface area contributed by atoms with Crippen LogP contribution in [-0.4, -0.2) is 74.6 Å².